The normalized spacial score (nSPS) is 13.2. The zero-order valence-electron chi connectivity index (χ0n) is 12.2. The lowest BCUT2D eigenvalue weighted by Gasteiger charge is -2.14. The maximum atomic E-state index is 12.7. The molecule has 0 radical (unpaired) electrons. The number of aliphatic hydroxyl groups excluding tert-OH is 1. The monoisotopic (exact) mass is 335 g/mol. The van der Waals surface area contributed by atoms with Crippen LogP contribution in [0, 0.1) is 0 Å². The quantitative estimate of drug-likeness (QED) is 0.799. The molecule has 0 aliphatic carbocycles. The van der Waals surface area contributed by atoms with Gasteiger partial charge in [0, 0.05) is 0 Å². The predicted octanol–water partition coefficient (Wildman–Crippen LogP) is 2.54. The fourth-order valence-corrected chi connectivity index (χ4v) is 2.33. The van der Waals surface area contributed by atoms with Gasteiger partial charge in [-0.2, -0.15) is 13.2 Å². The van der Waals surface area contributed by atoms with Gasteiger partial charge in [0.2, 0.25) is 0 Å². The van der Waals surface area contributed by atoms with E-state index in [9.17, 15) is 23.1 Å². The van der Waals surface area contributed by atoms with Gasteiger partial charge in [-0.25, -0.2) is 4.68 Å². The summed E-state index contributed by atoms with van der Waals surface area (Å²) >= 11 is 0. The molecule has 1 N–H and O–H groups in total. The van der Waals surface area contributed by atoms with Gasteiger partial charge in [0.1, 0.15) is 5.52 Å². The van der Waals surface area contributed by atoms with Crippen molar-refractivity contribution in [2.45, 2.75) is 18.8 Å². The van der Waals surface area contributed by atoms with Crippen LogP contribution < -0.4 is 5.56 Å². The van der Waals surface area contributed by atoms with Crippen LogP contribution in [0.15, 0.2) is 53.3 Å². The Balaban J connectivity index is 1.92. The molecule has 0 saturated carbocycles. The van der Waals surface area contributed by atoms with Gasteiger partial charge < -0.3 is 5.11 Å². The van der Waals surface area contributed by atoms with Crippen LogP contribution in [0.3, 0.4) is 0 Å². The molecule has 24 heavy (non-hydrogen) atoms. The number of fused-ring (bicyclic) bond motifs is 1. The molecule has 0 spiro atoms. The second-order valence-corrected chi connectivity index (χ2v) is 5.23. The summed E-state index contributed by atoms with van der Waals surface area (Å²) in [7, 11) is 0. The van der Waals surface area contributed by atoms with Gasteiger partial charge in [-0.15, -0.1) is 5.10 Å². The van der Waals surface area contributed by atoms with Crippen molar-refractivity contribution in [1.29, 1.82) is 0 Å². The van der Waals surface area contributed by atoms with Crippen LogP contribution in [0.4, 0.5) is 13.2 Å². The molecule has 8 heteroatoms. The molecule has 1 atom stereocenters. The number of hydrogen-bond acceptors (Lipinski definition) is 4. The third kappa shape index (κ3) is 3.13. The highest BCUT2D eigenvalue weighted by molar-refractivity contribution is 5.76. The van der Waals surface area contributed by atoms with Crippen LogP contribution in [-0.2, 0) is 12.7 Å². The first kappa shape index (κ1) is 16.1. The number of nitrogens with zero attached hydrogens (tertiary/aromatic N) is 3. The minimum atomic E-state index is -4.50. The summed E-state index contributed by atoms with van der Waals surface area (Å²) in [6.45, 7) is -0.294. The summed E-state index contributed by atoms with van der Waals surface area (Å²) in [5.74, 6) is 0. The fourth-order valence-electron chi connectivity index (χ4n) is 2.33. The summed E-state index contributed by atoms with van der Waals surface area (Å²) in [5, 5.41) is 18.1. The topological polar surface area (TPSA) is 68.0 Å². The first-order chi connectivity index (χ1) is 11.4. The third-order valence-corrected chi connectivity index (χ3v) is 3.57. The van der Waals surface area contributed by atoms with E-state index in [-0.39, 0.29) is 12.1 Å². The van der Waals surface area contributed by atoms with E-state index in [1.165, 1.54) is 12.1 Å². The number of rotatable bonds is 3. The van der Waals surface area contributed by atoms with Crippen molar-refractivity contribution in [3.8, 4) is 0 Å². The summed E-state index contributed by atoms with van der Waals surface area (Å²) in [5.41, 5.74) is -0.874. The largest absolute Gasteiger partial charge is 0.416 e. The minimum Gasteiger partial charge on any atom is -0.386 e. The van der Waals surface area contributed by atoms with Crippen LogP contribution in [0.1, 0.15) is 17.2 Å². The van der Waals surface area contributed by atoms with E-state index in [4.69, 9.17) is 0 Å². The zero-order valence-corrected chi connectivity index (χ0v) is 12.2. The van der Waals surface area contributed by atoms with E-state index in [2.05, 4.69) is 10.3 Å². The van der Waals surface area contributed by atoms with E-state index in [0.29, 0.717) is 10.9 Å². The Kier molecular flexibility index (Phi) is 4.06. The van der Waals surface area contributed by atoms with Crippen molar-refractivity contribution < 1.29 is 18.3 Å². The molecule has 0 bridgehead atoms. The van der Waals surface area contributed by atoms with Gasteiger partial charge in [0.15, 0.2) is 0 Å². The molecule has 0 aliphatic rings. The van der Waals surface area contributed by atoms with Crippen LogP contribution >= 0.6 is 0 Å². The molecule has 0 saturated heterocycles. The van der Waals surface area contributed by atoms with E-state index >= 15 is 0 Å². The lowest BCUT2D eigenvalue weighted by atomic mass is 10.1. The molecule has 0 amide bonds. The molecule has 0 unspecified atom stereocenters. The van der Waals surface area contributed by atoms with Gasteiger partial charge in [-0.05, 0) is 29.8 Å². The summed E-state index contributed by atoms with van der Waals surface area (Å²) < 4.78 is 39.2. The molecule has 1 aromatic heterocycles. The molecule has 0 fully saturated rings. The number of aliphatic hydroxyl groups is 1. The van der Waals surface area contributed by atoms with Gasteiger partial charge in [-0.3, -0.25) is 4.79 Å². The standard InChI is InChI=1S/C16H12F3N3O2/c17-16(18,19)11-5-3-4-10(8-11)14(23)9-22-15(24)12-6-1-2-7-13(12)20-21-22/h1-8,14,23H,9H2/t14-/m0/s1. The van der Waals surface area contributed by atoms with Gasteiger partial charge in [0.05, 0.1) is 23.6 Å². The Morgan fingerprint density at radius 3 is 2.62 bits per heavy atom. The van der Waals surface area contributed by atoms with Gasteiger partial charge in [-0.1, -0.05) is 29.5 Å². The maximum absolute atomic E-state index is 12.7. The van der Waals surface area contributed by atoms with Crippen molar-refractivity contribution in [1.82, 2.24) is 15.0 Å². The van der Waals surface area contributed by atoms with E-state index in [0.717, 1.165) is 16.8 Å². The van der Waals surface area contributed by atoms with Crippen molar-refractivity contribution >= 4 is 10.9 Å². The lowest BCUT2D eigenvalue weighted by molar-refractivity contribution is -0.137. The highest BCUT2D eigenvalue weighted by Gasteiger charge is 2.30. The Morgan fingerprint density at radius 1 is 1.12 bits per heavy atom. The number of aromatic nitrogens is 3. The second-order valence-electron chi connectivity index (χ2n) is 5.23. The molecule has 3 rings (SSSR count). The predicted molar refractivity (Wildman–Crippen MR) is 80.2 cm³/mol. The Bertz CT molecular complexity index is 937. The van der Waals surface area contributed by atoms with Crippen molar-refractivity contribution in [3.05, 3.63) is 70.0 Å². The van der Waals surface area contributed by atoms with Crippen LogP contribution in [0.5, 0.6) is 0 Å². The maximum Gasteiger partial charge on any atom is 0.416 e. The molecule has 124 valence electrons. The third-order valence-electron chi connectivity index (χ3n) is 3.57. The minimum absolute atomic E-state index is 0.0479. The molecular weight excluding hydrogens is 323 g/mol. The molecule has 2 aromatic carbocycles. The Morgan fingerprint density at radius 2 is 1.88 bits per heavy atom. The van der Waals surface area contributed by atoms with Crippen molar-refractivity contribution in [3.63, 3.8) is 0 Å². The van der Waals surface area contributed by atoms with Gasteiger partial charge >= 0.3 is 6.18 Å². The molecule has 3 aromatic rings. The van der Waals surface area contributed by atoms with Crippen LogP contribution in [0.2, 0.25) is 0 Å². The number of alkyl halides is 3. The van der Waals surface area contributed by atoms with Crippen molar-refractivity contribution in [2.24, 2.45) is 0 Å². The first-order valence-corrected chi connectivity index (χ1v) is 7.04. The fraction of sp³-hybridized carbons (Fsp3) is 0.188. The Labute approximate surface area is 134 Å². The zero-order chi connectivity index (χ0) is 17.3. The summed E-state index contributed by atoms with van der Waals surface area (Å²) in [6.07, 6.45) is -5.82. The summed E-state index contributed by atoms with van der Waals surface area (Å²) in [6, 6.07) is 10.9. The molecular formula is C16H12F3N3O2. The molecule has 0 aliphatic heterocycles. The van der Waals surface area contributed by atoms with Crippen LogP contribution in [0.25, 0.3) is 10.9 Å². The SMILES string of the molecule is O=c1c2ccccc2nnn1C[C@H](O)c1cccc(C(F)(F)F)c1. The number of halogens is 3. The average Bonchev–Trinajstić information content (AvgIpc) is 2.57. The lowest BCUT2D eigenvalue weighted by Crippen LogP contribution is -2.27. The molecule has 1 heterocycles. The smallest absolute Gasteiger partial charge is 0.386 e. The number of hydrogen-bond donors (Lipinski definition) is 1. The van der Waals surface area contributed by atoms with Crippen molar-refractivity contribution in [2.75, 3.05) is 0 Å². The second kappa shape index (κ2) is 6.04. The highest BCUT2D eigenvalue weighted by atomic mass is 19.4. The number of benzene rings is 2. The first-order valence-electron chi connectivity index (χ1n) is 7.04. The van der Waals surface area contributed by atoms with Gasteiger partial charge in [0.25, 0.3) is 5.56 Å². The van der Waals surface area contributed by atoms with E-state index < -0.39 is 23.4 Å². The average molecular weight is 335 g/mol. The Hall–Kier alpha value is -2.74. The van der Waals surface area contributed by atoms with E-state index in [1.54, 1.807) is 24.3 Å². The molecule has 5 nitrogen and oxygen atoms in total. The van der Waals surface area contributed by atoms with E-state index in [1.807, 2.05) is 0 Å². The summed E-state index contributed by atoms with van der Waals surface area (Å²) in [4.78, 5) is 12.3. The van der Waals surface area contributed by atoms with Crippen LogP contribution in [-0.4, -0.2) is 20.1 Å². The highest BCUT2D eigenvalue weighted by Crippen LogP contribution is 2.30.